The minimum absolute atomic E-state index is 0.122. The van der Waals surface area contributed by atoms with E-state index in [-0.39, 0.29) is 29.8 Å². The van der Waals surface area contributed by atoms with Gasteiger partial charge in [-0.15, -0.1) is 0 Å². The van der Waals surface area contributed by atoms with E-state index in [0.717, 1.165) is 37.9 Å². The Kier molecular flexibility index (Phi) is 3.68. The molecule has 0 bridgehead atoms. The summed E-state index contributed by atoms with van der Waals surface area (Å²) in [6.45, 7) is 0.779. The number of benzene rings is 1. The third kappa shape index (κ3) is 2.46. The first kappa shape index (κ1) is 14.5. The summed E-state index contributed by atoms with van der Waals surface area (Å²) < 4.78 is 0. The van der Waals surface area contributed by atoms with Crippen LogP contribution >= 0.6 is 0 Å². The Morgan fingerprint density at radius 2 is 1.74 bits per heavy atom. The van der Waals surface area contributed by atoms with Crippen LogP contribution in [0.1, 0.15) is 32.1 Å². The van der Waals surface area contributed by atoms with Crippen LogP contribution in [0.3, 0.4) is 0 Å². The van der Waals surface area contributed by atoms with Gasteiger partial charge in [-0.3, -0.25) is 9.59 Å². The smallest absolute Gasteiger partial charge is 0.227 e. The van der Waals surface area contributed by atoms with E-state index in [9.17, 15) is 9.59 Å². The van der Waals surface area contributed by atoms with Gasteiger partial charge in [0.05, 0.1) is 12.1 Å². The van der Waals surface area contributed by atoms with Crippen LogP contribution in [0.4, 0.5) is 5.69 Å². The summed E-state index contributed by atoms with van der Waals surface area (Å²) in [4.78, 5) is 29.3. The van der Waals surface area contributed by atoms with Gasteiger partial charge in [0.1, 0.15) is 0 Å². The van der Waals surface area contributed by atoms with E-state index in [1.165, 1.54) is 0 Å². The first-order valence-corrected chi connectivity index (χ1v) is 8.58. The monoisotopic (exact) mass is 310 g/mol. The quantitative estimate of drug-likeness (QED) is 0.788. The van der Waals surface area contributed by atoms with Crippen LogP contribution in [0, 0.1) is 5.92 Å². The molecule has 4 nitrogen and oxygen atoms in total. The molecule has 2 atom stereocenters. The van der Waals surface area contributed by atoms with Gasteiger partial charge in [0.25, 0.3) is 0 Å². The summed E-state index contributed by atoms with van der Waals surface area (Å²) in [6, 6.07) is 10.2. The van der Waals surface area contributed by atoms with Gasteiger partial charge in [0, 0.05) is 24.6 Å². The second-order valence-electron chi connectivity index (χ2n) is 6.73. The van der Waals surface area contributed by atoms with Crippen molar-refractivity contribution in [1.29, 1.82) is 0 Å². The van der Waals surface area contributed by atoms with Crippen molar-refractivity contribution in [1.82, 2.24) is 4.90 Å². The zero-order chi connectivity index (χ0) is 15.8. The van der Waals surface area contributed by atoms with Crippen LogP contribution in [0.5, 0.6) is 0 Å². The number of piperidine rings is 1. The second-order valence-corrected chi connectivity index (χ2v) is 6.73. The molecule has 2 aliphatic heterocycles. The minimum Gasteiger partial charge on any atom is -0.337 e. The molecule has 2 heterocycles. The van der Waals surface area contributed by atoms with Crippen LogP contribution in [0.15, 0.2) is 42.5 Å². The highest BCUT2D eigenvalue weighted by atomic mass is 16.2. The maximum atomic E-state index is 12.8. The summed E-state index contributed by atoms with van der Waals surface area (Å²) in [5.74, 6) is 0.593. The van der Waals surface area contributed by atoms with Crippen molar-refractivity contribution in [2.24, 2.45) is 5.92 Å². The van der Waals surface area contributed by atoms with Gasteiger partial charge < -0.3 is 9.80 Å². The number of hydrogen-bond acceptors (Lipinski definition) is 2. The standard InChI is InChI=1S/C19H22N2O2/c22-18-11-10-16-17(21(18)15-8-2-1-3-9-15)12-13-20(16)19(23)14-6-4-5-7-14/h1-5,8-9,14,16-17H,6-7,10-13H2/t16-,17-/m1/s1. The number of likely N-dealkylation sites (tertiary alicyclic amines) is 1. The largest absolute Gasteiger partial charge is 0.337 e. The molecule has 120 valence electrons. The van der Waals surface area contributed by atoms with E-state index in [0.29, 0.717) is 6.42 Å². The molecule has 0 radical (unpaired) electrons. The van der Waals surface area contributed by atoms with Crippen LogP contribution in [-0.2, 0) is 9.59 Å². The zero-order valence-electron chi connectivity index (χ0n) is 13.2. The first-order valence-electron chi connectivity index (χ1n) is 8.58. The number of carbonyl (C=O) groups excluding carboxylic acids is 2. The fraction of sp³-hybridized carbons (Fsp3) is 0.474. The highest BCUT2D eigenvalue weighted by molar-refractivity contribution is 5.95. The van der Waals surface area contributed by atoms with Crippen molar-refractivity contribution >= 4 is 17.5 Å². The molecule has 1 aliphatic carbocycles. The predicted octanol–water partition coefficient (Wildman–Crippen LogP) is 2.75. The number of nitrogens with zero attached hydrogens (tertiary/aromatic N) is 2. The molecule has 0 N–H and O–H groups in total. The van der Waals surface area contributed by atoms with Crippen LogP contribution in [0.2, 0.25) is 0 Å². The lowest BCUT2D eigenvalue weighted by Crippen LogP contribution is -2.54. The van der Waals surface area contributed by atoms with E-state index < -0.39 is 0 Å². The lowest BCUT2D eigenvalue weighted by molar-refractivity contribution is -0.137. The summed E-state index contributed by atoms with van der Waals surface area (Å²) in [5, 5.41) is 0. The number of rotatable bonds is 2. The normalized spacial score (nSPS) is 27.6. The Morgan fingerprint density at radius 1 is 1.00 bits per heavy atom. The maximum absolute atomic E-state index is 12.8. The van der Waals surface area contributed by atoms with E-state index in [4.69, 9.17) is 0 Å². The Labute approximate surface area is 136 Å². The van der Waals surface area contributed by atoms with Crippen molar-refractivity contribution in [3.63, 3.8) is 0 Å². The van der Waals surface area contributed by atoms with E-state index in [1.807, 2.05) is 35.2 Å². The molecule has 2 saturated heterocycles. The highest BCUT2D eigenvalue weighted by Crippen LogP contribution is 2.36. The molecule has 4 heteroatoms. The third-order valence-electron chi connectivity index (χ3n) is 5.44. The summed E-state index contributed by atoms with van der Waals surface area (Å²) in [5.41, 5.74) is 0.962. The molecule has 0 aromatic heterocycles. The SMILES string of the molecule is O=C(C1CC=CC1)N1CC[C@@H]2[C@H]1CCC(=O)N2c1ccccc1. The summed E-state index contributed by atoms with van der Waals surface area (Å²) in [6.07, 6.45) is 8.17. The van der Waals surface area contributed by atoms with Gasteiger partial charge in [0.15, 0.2) is 0 Å². The number of carbonyl (C=O) groups is 2. The average molecular weight is 310 g/mol. The van der Waals surface area contributed by atoms with Gasteiger partial charge in [-0.1, -0.05) is 30.4 Å². The minimum atomic E-state index is 0.122. The molecule has 0 spiro atoms. The predicted molar refractivity (Wildman–Crippen MR) is 88.9 cm³/mol. The lowest BCUT2D eigenvalue weighted by atomic mass is 9.94. The van der Waals surface area contributed by atoms with Crippen molar-refractivity contribution < 1.29 is 9.59 Å². The molecule has 0 saturated carbocycles. The molecular weight excluding hydrogens is 288 g/mol. The first-order chi connectivity index (χ1) is 11.3. The fourth-order valence-corrected chi connectivity index (χ4v) is 4.31. The Hall–Kier alpha value is -2.10. The number of anilines is 1. The molecule has 3 aliphatic rings. The number of hydrogen-bond donors (Lipinski definition) is 0. The van der Waals surface area contributed by atoms with Crippen LogP contribution < -0.4 is 4.90 Å². The zero-order valence-corrected chi connectivity index (χ0v) is 13.2. The number of allylic oxidation sites excluding steroid dienone is 2. The van der Waals surface area contributed by atoms with Crippen molar-refractivity contribution in [3.05, 3.63) is 42.5 Å². The average Bonchev–Trinajstić information content (AvgIpc) is 3.24. The Balaban J connectivity index is 1.57. The van der Waals surface area contributed by atoms with Gasteiger partial charge in [-0.05, 0) is 37.8 Å². The van der Waals surface area contributed by atoms with Crippen LogP contribution in [0.25, 0.3) is 0 Å². The van der Waals surface area contributed by atoms with Crippen LogP contribution in [-0.4, -0.2) is 35.3 Å². The van der Waals surface area contributed by atoms with Crippen molar-refractivity contribution in [3.8, 4) is 0 Å². The number of para-hydroxylation sites is 1. The van der Waals surface area contributed by atoms with E-state index in [1.54, 1.807) is 0 Å². The molecule has 4 rings (SSSR count). The van der Waals surface area contributed by atoms with Gasteiger partial charge in [-0.2, -0.15) is 0 Å². The second kappa shape index (κ2) is 5.84. The van der Waals surface area contributed by atoms with Crippen molar-refractivity contribution in [2.45, 2.75) is 44.2 Å². The molecular formula is C19H22N2O2. The fourth-order valence-electron chi connectivity index (χ4n) is 4.31. The molecule has 23 heavy (non-hydrogen) atoms. The Morgan fingerprint density at radius 3 is 2.48 bits per heavy atom. The molecule has 1 aromatic rings. The molecule has 2 amide bonds. The maximum Gasteiger partial charge on any atom is 0.227 e. The summed E-state index contributed by atoms with van der Waals surface area (Å²) >= 11 is 0. The number of amides is 2. The summed E-state index contributed by atoms with van der Waals surface area (Å²) in [7, 11) is 0. The van der Waals surface area contributed by atoms with Gasteiger partial charge in [-0.25, -0.2) is 0 Å². The van der Waals surface area contributed by atoms with Gasteiger partial charge in [0.2, 0.25) is 11.8 Å². The van der Waals surface area contributed by atoms with Crippen molar-refractivity contribution in [2.75, 3.05) is 11.4 Å². The molecule has 0 unspecified atom stereocenters. The number of fused-ring (bicyclic) bond motifs is 1. The molecule has 2 fully saturated rings. The third-order valence-corrected chi connectivity index (χ3v) is 5.44. The van der Waals surface area contributed by atoms with E-state index in [2.05, 4.69) is 17.1 Å². The topological polar surface area (TPSA) is 40.6 Å². The Bertz CT molecular complexity index is 632. The highest BCUT2D eigenvalue weighted by Gasteiger charge is 2.46. The van der Waals surface area contributed by atoms with E-state index >= 15 is 0 Å². The molecule has 1 aromatic carbocycles. The lowest BCUT2D eigenvalue weighted by Gasteiger charge is -2.40. The van der Waals surface area contributed by atoms with Gasteiger partial charge >= 0.3 is 0 Å².